The van der Waals surface area contributed by atoms with E-state index in [-0.39, 0.29) is 5.91 Å². The number of thioether (sulfide) groups is 1. The molecule has 1 aromatic heterocycles. The Balaban J connectivity index is 1.49. The second kappa shape index (κ2) is 15.1. The van der Waals surface area contributed by atoms with Gasteiger partial charge in [0, 0.05) is 50.6 Å². The van der Waals surface area contributed by atoms with Crippen LogP contribution in [0.25, 0.3) is 6.08 Å². The van der Waals surface area contributed by atoms with E-state index in [0.29, 0.717) is 32.2 Å². The molecule has 0 saturated carbocycles. The number of amidine groups is 1. The molecule has 1 amide bonds. The molecule has 0 aliphatic carbocycles. The number of aliphatic imine (C=N–C) groups is 1. The van der Waals surface area contributed by atoms with Gasteiger partial charge in [0.2, 0.25) is 11.6 Å². The molecular weight excluding hydrogens is 569 g/mol. The maximum Gasteiger partial charge on any atom is 0.360 e. The van der Waals surface area contributed by atoms with Crippen LogP contribution in [0.1, 0.15) is 56.9 Å². The zero-order valence-corrected chi connectivity index (χ0v) is 26.7. The second-order valence-corrected chi connectivity index (χ2v) is 12.7. The van der Waals surface area contributed by atoms with Crippen molar-refractivity contribution in [3.05, 3.63) is 39.6 Å². The van der Waals surface area contributed by atoms with Crippen LogP contribution >= 0.6 is 23.1 Å². The summed E-state index contributed by atoms with van der Waals surface area (Å²) in [6.45, 7) is 14.1. The number of nitrogens with zero attached hydrogens (tertiary/aromatic N) is 5. The van der Waals surface area contributed by atoms with E-state index in [2.05, 4.69) is 63.9 Å². The molecule has 2 aromatic rings. The summed E-state index contributed by atoms with van der Waals surface area (Å²) in [5.74, 6) is 0.427. The van der Waals surface area contributed by atoms with Gasteiger partial charge in [0.1, 0.15) is 18.0 Å². The van der Waals surface area contributed by atoms with E-state index in [1.807, 2.05) is 0 Å². The van der Waals surface area contributed by atoms with Gasteiger partial charge >= 0.3 is 5.17 Å². The molecule has 0 spiro atoms. The Bertz CT molecular complexity index is 1300. The highest BCUT2D eigenvalue weighted by molar-refractivity contribution is 8.18. The van der Waals surface area contributed by atoms with Crippen molar-refractivity contribution in [2.45, 2.75) is 46.5 Å². The fraction of sp³-hybridized carbons (Fsp3) is 0.548. The van der Waals surface area contributed by atoms with Crippen molar-refractivity contribution < 1.29 is 18.8 Å². The molecule has 42 heavy (non-hydrogen) atoms. The highest BCUT2D eigenvalue weighted by Crippen LogP contribution is 2.39. The quantitative estimate of drug-likeness (QED) is 0.345. The van der Waals surface area contributed by atoms with Gasteiger partial charge in [-0.1, -0.05) is 50.2 Å². The maximum atomic E-state index is 12.2. The van der Waals surface area contributed by atoms with Crippen molar-refractivity contribution in [3.8, 4) is 0 Å². The van der Waals surface area contributed by atoms with Crippen molar-refractivity contribution in [1.29, 1.82) is 0 Å². The molecule has 3 aliphatic rings. The third-order valence-corrected chi connectivity index (χ3v) is 9.64. The lowest BCUT2D eigenvalue weighted by Gasteiger charge is -2.25. The molecule has 11 heteroatoms. The van der Waals surface area contributed by atoms with E-state index in [4.69, 9.17) is 19.5 Å². The standard InChI is InChI=1S/C31H42N6O3S2/c1-4-6-12-35(13-7-5-2)25-10-8-24(9-11-25)22-26-27(33-30(41-26)36-14-18-39-19-15-36)28-29(32-23(3)38)34-31(42-28)37-16-20-40-21-17-37/h8-11,22H,4-7,12-21H2,1-3H3/p+1/b26-22-. The molecule has 226 valence electrons. The third-order valence-electron chi connectivity index (χ3n) is 7.45. The number of amides is 1. The summed E-state index contributed by atoms with van der Waals surface area (Å²) < 4.78 is 13.5. The average molecular weight is 612 g/mol. The summed E-state index contributed by atoms with van der Waals surface area (Å²) in [7, 11) is 0. The normalized spacial score (nSPS) is 18.5. The van der Waals surface area contributed by atoms with Crippen molar-refractivity contribution in [2.75, 3.05) is 80.8 Å². The number of aromatic nitrogens is 1. The molecule has 0 atom stereocenters. The molecular formula is C31H43N6O3S2+. The minimum atomic E-state index is -0.143. The van der Waals surface area contributed by atoms with Gasteiger partial charge in [0.25, 0.3) is 0 Å². The molecule has 0 unspecified atom stereocenters. The van der Waals surface area contributed by atoms with Crippen molar-refractivity contribution in [1.82, 2.24) is 4.98 Å². The molecule has 2 fully saturated rings. The Morgan fingerprint density at radius 2 is 1.71 bits per heavy atom. The number of nitrogens with one attached hydrogen (secondary N) is 1. The van der Waals surface area contributed by atoms with E-state index in [1.165, 1.54) is 38.3 Å². The zero-order valence-electron chi connectivity index (χ0n) is 25.1. The Morgan fingerprint density at radius 3 is 2.36 bits per heavy atom. The van der Waals surface area contributed by atoms with Gasteiger partial charge in [-0.2, -0.15) is 0 Å². The fourth-order valence-electron chi connectivity index (χ4n) is 5.08. The number of morpholine rings is 2. The zero-order chi connectivity index (χ0) is 29.3. The monoisotopic (exact) mass is 611 g/mol. The summed E-state index contributed by atoms with van der Waals surface area (Å²) in [5, 5.41) is 4.83. The fourth-order valence-corrected chi connectivity index (χ4v) is 7.31. The number of unbranched alkanes of at least 4 members (excludes halogenated alkanes) is 2. The first-order chi connectivity index (χ1) is 20.6. The number of thiazole rings is 1. The van der Waals surface area contributed by atoms with Crippen LogP contribution in [0.5, 0.6) is 0 Å². The Kier molecular flexibility index (Phi) is 11.1. The second-order valence-electron chi connectivity index (χ2n) is 10.7. The molecule has 0 bridgehead atoms. The van der Waals surface area contributed by atoms with Crippen LogP contribution in [0.4, 0.5) is 16.6 Å². The Hall–Kier alpha value is -2.73. The van der Waals surface area contributed by atoms with Crippen molar-refractivity contribution in [3.63, 3.8) is 0 Å². The number of carbonyl (C=O) groups excluding carboxylic acids is 1. The predicted octanol–water partition coefficient (Wildman–Crippen LogP) is 5.32. The predicted molar refractivity (Wildman–Crippen MR) is 176 cm³/mol. The van der Waals surface area contributed by atoms with Crippen LogP contribution in [0.3, 0.4) is 0 Å². The molecule has 2 saturated heterocycles. The minimum absolute atomic E-state index is 0.143. The van der Waals surface area contributed by atoms with Crippen LogP contribution in [0, 0.1) is 0 Å². The minimum Gasteiger partial charge on any atom is -0.378 e. The van der Waals surface area contributed by atoms with E-state index in [1.54, 1.807) is 23.1 Å². The summed E-state index contributed by atoms with van der Waals surface area (Å²) in [6, 6.07) is 8.90. The van der Waals surface area contributed by atoms with Crippen LogP contribution in [-0.2, 0) is 14.3 Å². The summed E-state index contributed by atoms with van der Waals surface area (Å²) in [6.07, 6.45) is 7.00. The lowest BCUT2D eigenvalue weighted by Crippen LogP contribution is -2.36. The Labute approximate surface area is 257 Å². The van der Waals surface area contributed by atoms with Gasteiger partial charge in [-0.15, -0.1) is 0 Å². The molecule has 3 aliphatic heterocycles. The summed E-state index contributed by atoms with van der Waals surface area (Å²) >= 11 is 3.27. The third kappa shape index (κ3) is 7.80. The number of hydrogen-bond donors (Lipinski definition) is 1. The van der Waals surface area contributed by atoms with E-state index >= 15 is 0 Å². The first-order valence-electron chi connectivity index (χ1n) is 15.2. The van der Waals surface area contributed by atoms with Gasteiger partial charge < -0.3 is 24.6 Å². The van der Waals surface area contributed by atoms with Gasteiger partial charge in [0.05, 0.1) is 31.3 Å². The molecule has 1 N–H and O–H groups in total. The van der Waals surface area contributed by atoms with E-state index in [9.17, 15) is 4.79 Å². The maximum absolute atomic E-state index is 12.2. The number of anilines is 3. The highest BCUT2D eigenvalue weighted by Gasteiger charge is 2.36. The van der Waals surface area contributed by atoms with Crippen LogP contribution < -0.4 is 15.1 Å². The summed E-state index contributed by atoms with van der Waals surface area (Å²) in [4.78, 5) is 28.9. The SMILES string of the molecule is CCCCN(CCCC)c1ccc(/C=C2\SC(=[N+]3CCOCC3)N=C2c2sc(N3CCOCC3)nc2NC(C)=O)cc1. The number of ether oxygens (including phenoxy) is 2. The Morgan fingerprint density at radius 1 is 1.05 bits per heavy atom. The molecule has 0 radical (unpaired) electrons. The number of allylic oxidation sites excluding steroid dienone is 1. The van der Waals surface area contributed by atoms with Gasteiger partial charge in [0.15, 0.2) is 10.9 Å². The number of rotatable bonds is 11. The van der Waals surface area contributed by atoms with Crippen molar-refractivity contribution in [2.24, 2.45) is 4.99 Å². The first kappa shape index (κ1) is 30.7. The topological polar surface area (TPSA) is 82.3 Å². The van der Waals surface area contributed by atoms with Gasteiger partial charge in [-0.25, -0.2) is 9.56 Å². The first-order valence-corrected chi connectivity index (χ1v) is 16.8. The van der Waals surface area contributed by atoms with Crippen LogP contribution in [-0.4, -0.2) is 92.0 Å². The lowest BCUT2D eigenvalue weighted by atomic mass is 10.1. The molecule has 4 heterocycles. The number of hydrogen-bond acceptors (Lipinski definition) is 8. The lowest BCUT2D eigenvalue weighted by molar-refractivity contribution is -0.547. The molecule has 1 aromatic carbocycles. The number of benzene rings is 1. The van der Waals surface area contributed by atoms with Gasteiger partial charge in [-0.3, -0.25) is 4.79 Å². The van der Waals surface area contributed by atoms with E-state index < -0.39 is 0 Å². The number of carbonyl (C=O) groups is 1. The molecule has 5 rings (SSSR count). The largest absolute Gasteiger partial charge is 0.378 e. The van der Waals surface area contributed by atoms with Crippen LogP contribution in [0.2, 0.25) is 0 Å². The average Bonchev–Trinajstić information content (AvgIpc) is 3.62. The van der Waals surface area contributed by atoms with Gasteiger partial charge in [-0.05, 0) is 41.6 Å². The summed E-state index contributed by atoms with van der Waals surface area (Å²) in [5.41, 5.74) is 3.26. The molecule has 9 nitrogen and oxygen atoms in total. The van der Waals surface area contributed by atoms with Crippen molar-refractivity contribution >= 4 is 62.6 Å². The smallest absolute Gasteiger partial charge is 0.360 e. The van der Waals surface area contributed by atoms with E-state index in [0.717, 1.165) is 70.6 Å². The van der Waals surface area contributed by atoms with Crippen LogP contribution in [0.15, 0.2) is 34.2 Å². The highest BCUT2D eigenvalue weighted by atomic mass is 32.2.